The van der Waals surface area contributed by atoms with E-state index in [1.165, 1.54) is 0 Å². The maximum Gasteiger partial charge on any atom is 0.243 e. The van der Waals surface area contributed by atoms with Crippen molar-refractivity contribution in [1.29, 1.82) is 0 Å². The third kappa shape index (κ3) is 4.22. The van der Waals surface area contributed by atoms with Crippen LogP contribution in [0.2, 0.25) is 5.02 Å². The smallest absolute Gasteiger partial charge is 0.243 e. The molecule has 138 valence electrons. The third-order valence-corrected chi connectivity index (χ3v) is 4.39. The Morgan fingerprint density at radius 1 is 1.08 bits per heavy atom. The second kappa shape index (κ2) is 7.46. The van der Waals surface area contributed by atoms with Crippen molar-refractivity contribution in [3.05, 3.63) is 47.0 Å². The summed E-state index contributed by atoms with van der Waals surface area (Å²) in [6.07, 6.45) is 0. The van der Waals surface area contributed by atoms with Gasteiger partial charge in [-0.25, -0.2) is 0 Å². The molecule has 3 rings (SSSR count). The first-order valence-corrected chi connectivity index (χ1v) is 8.95. The fraction of sp³-hybridized carbons (Fsp3) is 0.350. The molecule has 6 heteroatoms. The Kier molecular flexibility index (Phi) is 5.28. The number of hydrogen-bond acceptors (Lipinski definition) is 4. The Hall–Kier alpha value is -2.40. The van der Waals surface area contributed by atoms with E-state index in [4.69, 9.17) is 21.1 Å². The molecule has 0 radical (unpaired) electrons. The van der Waals surface area contributed by atoms with Gasteiger partial charge in [0, 0.05) is 17.8 Å². The van der Waals surface area contributed by atoms with Crippen LogP contribution in [0.25, 0.3) is 0 Å². The highest BCUT2D eigenvalue weighted by Gasteiger charge is 2.19. The summed E-state index contributed by atoms with van der Waals surface area (Å²) >= 11 is 6.24. The molecule has 0 aromatic heterocycles. The number of carbonyl (C=O) groups is 1. The lowest BCUT2D eigenvalue weighted by molar-refractivity contribution is -0.114. The third-order valence-electron chi connectivity index (χ3n) is 4.08. The monoisotopic (exact) mass is 374 g/mol. The van der Waals surface area contributed by atoms with Crippen LogP contribution in [0, 0.1) is 0 Å². The van der Waals surface area contributed by atoms with Crippen molar-refractivity contribution < 1.29 is 14.3 Å². The predicted octanol–water partition coefficient (Wildman–Crippen LogP) is 4.46. The molecule has 1 aliphatic heterocycles. The summed E-state index contributed by atoms with van der Waals surface area (Å²) in [4.78, 5) is 12.4. The van der Waals surface area contributed by atoms with Crippen LogP contribution in [0.3, 0.4) is 0 Å². The zero-order valence-corrected chi connectivity index (χ0v) is 15.9. The minimum absolute atomic E-state index is 0.0147. The lowest BCUT2D eigenvalue weighted by atomic mass is 9.86. The normalized spacial score (nSPS) is 13.2. The summed E-state index contributed by atoms with van der Waals surface area (Å²) in [6.45, 7) is 7.53. The van der Waals surface area contributed by atoms with Crippen molar-refractivity contribution in [3.8, 4) is 11.5 Å². The number of para-hydroxylation sites is 1. The highest BCUT2D eigenvalue weighted by atomic mass is 35.5. The molecule has 0 bridgehead atoms. The van der Waals surface area contributed by atoms with Crippen molar-refractivity contribution in [2.45, 2.75) is 26.2 Å². The van der Waals surface area contributed by atoms with E-state index < -0.39 is 0 Å². The first-order valence-electron chi connectivity index (χ1n) is 8.57. The summed E-state index contributed by atoms with van der Waals surface area (Å²) < 4.78 is 11.0. The fourth-order valence-electron chi connectivity index (χ4n) is 2.82. The molecule has 0 unspecified atom stereocenters. The molecule has 1 aliphatic rings. The highest BCUT2D eigenvalue weighted by molar-refractivity contribution is 6.34. The molecule has 0 fully saturated rings. The SMILES string of the molecule is CC(C)(C)c1ccccc1NCC(=O)Nc1cc2c(cc1Cl)OCCO2. The summed E-state index contributed by atoms with van der Waals surface area (Å²) in [5.74, 6) is 0.991. The van der Waals surface area contributed by atoms with E-state index in [1.54, 1.807) is 12.1 Å². The van der Waals surface area contributed by atoms with Gasteiger partial charge in [0.25, 0.3) is 0 Å². The molecule has 26 heavy (non-hydrogen) atoms. The minimum Gasteiger partial charge on any atom is -0.486 e. The molecular weight excluding hydrogens is 352 g/mol. The minimum atomic E-state index is -0.188. The van der Waals surface area contributed by atoms with E-state index in [0.29, 0.717) is 35.4 Å². The lowest BCUT2D eigenvalue weighted by Crippen LogP contribution is -2.24. The maximum absolute atomic E-state index is 12.4. The van der Waals surface area contributed by atoms with Crippen LogP contribution in [0.5, 0.6) is 11.5 Å². The second-order valence-electron chi connectivity index (χ2n) is 7.17. The van der Waals surface area contributed by atoms with Gasteiger partial charge < -0.3 is 20.1 Å². The number of nitrogens with one attached hydrogen (secondary N) is 2. The van der Waals surface area contributed by atoms with E-state index in [2.05, 4.69) is 37.5 Å². The van der Waals surface area contributed by atoms with Gasteiger partial charge in [0.05, 0.1) is 17.3 Å². The van der Waals surface area contributed by atoms with E-state index in [-0.39, 0.29) is 17.9 Å². The van der Waals surface area contributed by atoms with Gasteiger partial charge in [0.2, 0.25) is 5.91 Å². The molecule has 0 saturated heterocycles. The van der Waals surface area contributed by atoms with Gasteiger partial charge in [-0.15, -0.1) is 0 Å². The van der Waals surface area contributed by atoms with Crippen LogP contribution < -0.4 is 20.1 Å². The van der Waals surface area contributed by atoms with Gasteiger partial charge in [-0.3, -0.25) is 4.79 Å². The van der Waals surface area contributed by atoms with Gasteiger partial charge in [-0.2, -0.15) is 0 Å². The van der Waals surface area contributed by atoms with Crippen LogP contribution >= 0.6 is 11.6 Å². The van der Waals surface area contributed by atoms with Gasteiger partial charge in [0.1, 0.15) is 13.2 Å². The Morgan fingerprint density at radius 3 is 2.42 bits per heavy atom. The number of halogens is 1. The largest absolute Gasteiger partial charge is 0.486 e. The number of fused-ring (bicyclic) bond motifs is 1. The summed E-state index contributed by atoms with van der Waals surface area (Å²) in [5.41, 5.74) is 2.60. The molecule has 2 N–H and O–H groups in total. The number of hydrogen-bond donors (Lipinski definition) is 2. The average molecular weight is 375 g/mol. The number of benzene rings is 2. The Labute approximate surface area is 158 Å². The van der Waals surface area contributed by atoms with Crippen molar-refractivity contribution >= 4 is 28.9 Å². The number of amides is 1. The molecule has 2 aromatic carbocycles. The summed E-state index contributed by atoms with van der Waals surface area (Å²) in [7, 11) is 0. The van der Waals surface area contributed by atoms with Crippen molar-refractivity contribution in [2.75, 3.05) is 30.4 Å². The molecule has 1 amide bonds. The van der Waals surface area contributed by atoms with Gasteiger partial charge in [0.15, 0.2) is 11.5 Å². The molecular formula is C20H23ClN2O3. The van der Waals surface area contributed by atoms with Crippen molar-refractivity contribution in [1.82, 2.24) is 0 Å². The quantitative estimate of drug-likeness (QED) is 0.829. The van der Waals surface area contributed by atoms with Crippen LogP contribution in [0.4, 0.5) is 11.4 Å². The molecule has 0 aliphatic carbocycles. The lowest BCUT2D eigenvalue weighted by Gasteiger charge is -2.23. The van der Waals surface area contributed by atoms with Crippen LogP contribution in [-0.4, -0.2) is 25.7 Å². The number of rotatable bonds is 4. The number of ether oxygens (including phenoxy) is 2. The zero-order valence-electron chi connectivity index (χ0n) is 15.2. The second-order valence-corrected chi connectivity index (χ2v) is 7.58. The maximum atomic E-state index is 12.4. The van der Waals surface area contributed by atoms with E-state index >= 15 is 0 Å². The van der Waals surface area contributed by atoms with Crippen molar-refractivity contribution in [3.63, 3.8) is 0 Å². The van der Waals surface area contributed by atoms with Crippen molar-refractivity contribution in [2.24, 2.45) is 0 Å². The highest BCUT2D eigenvalue weighted by Crippen LogP contribution is 2.38. The molecule has 0 spiro atoms. The summed E-state index contributed by atoms with van der Waals surface area (Å²) in [5, 5.41) is 6.44. The standard InChI is InChI=1S/C20H23ClN2O3/c1-20(2,3)13-6-4-5-7-15(13)22-12-19(24)23-16-11-18-17(10-14(16)21)25-8-9-26-18/h4-7,10-11,22H,8-9,12H2,1-3H3,(H,23,24). The molecule has 0 saturated carbocycles. The van der Waals surface area contributed by atoms with Gasteiger partial charge in [-0.1, -0.05) is 50.6 Å². The fourth-order valence-corrected chi connectivity index (χ4v) is 3.02. The van der Waals surface area contributed by atoms with Crippen LogP contribution in [-0.2, 0) is 10.2 Å². The molecule has 5 nitrogen and oxygen atoms in total. The predicted molar refractivity (Wildman–Crippen MR) is 105 cm³/mol. The average Bonchev–Trinajstić information content (AvgIpc) is 2.60. The van der Waals surface area contributed by atoms with E-state index in [1.807, 2.05) is 18.2 Å². The number of anilines is 2. The van der Waals surface area contributed by atoms with Gasteiger partial charge >= 0.3 is 0 Å². The van der Waals surface area contributed by atoms with E-state index in [9.17, 15) is 4.79 Å². The van der Waals surface area contributed by atoms with Crippen LogP contribution in [0.15, 0.2) is 36.4 Å². The van der Waals surface area contributed by atoms with E-state index in [0.717, 1.165) is 11.3 Å². The van der Waals surface area contributed by atoms with Crippen LogP contribution in [0.1, 0.15) is 26.3 Å². The Morgan fingerprint density at radius 2 is 1.73 bits per heavy atom. The zero-order chi connectivity index (χ0) is 18.7. The Bertz CT molecular complexity index is 815. The topological polar surface area (TPSA) is 59.6 Å². The molecule has 0 atom stereocenters. The number of carbonyl (C=O) groups excluding carboxylic acids is 1. The molecule has 1 heterocycles. The first kappa shape index (κ1) is 18.4. The molecule has 2 aromatic rings. The first-order chi connectivity index (χ1) is 12.3. The Balaban J connectivity index is 1.67. The van der Waals surface area contributed by atoms with Gasteiger partial charge in [-0.05, 0) is 17.0 Å². The summed E-state index contributed by atoms with van der Waals surface area (Å²) in [6, 6.07) is 11.3.